The van der Waals surface area contributed by atoms with Crippen molar-refractivity contribution in [3.8, 4) is 11.5 Å². The van der Waals surface area contributed by atoms with Gasteiger partial charge in [-0.1, -0.05) is 60.7 Å². The molecule has 12 nitrogen and oxygen atoms in total. The number of ether oxygens (including phenoxy) is 2. The second-order valence-corrected chi connectivity index (χ2v) is 16.6. The normalized spacial score (nSPS) is 13.0. The highest BCUT2D eigenvalue weighted by atomic mass is 32.3. The summed E-state index contributed by atoms with van der Waals surface area (Å²) in [4.78, 5) is 24.4. The second kappa shape index (κ2) is 14.4. The smallest absolute Gasteiger partial charge is 0.348 e. The summed E-state index contributed by atoms with van der Waals surface area (Å²) in [5, 5.41) is 24.9. The molecule has 0 aliphatic heterocycles. The van der Waals surface area contributed by atoms with Gasteiger partial charge < -0.3 is 19.7 Å². The summed E-state index contributed by atoms with van der Waals surface area (Å²) in [6.07, 6.45) is -3.76. The summed E-state index contributed by atoms with van der Waals surface area (Å²) in [6.45, 7) is 0. The third-order valence-electron chi connectivity index (χ3n) is 7.53. The second-order valence-electron chi connectivity index (χ2n) is 10.9. The van der Waals surface area contributed by atoms with E-state index in [1.54, 1.807) is 71.4 Å². The van der Waals surface area contributed by atoms with Crippen LogP contribution in [0.4, 0.5) is 11.4 Å². The zero-order valence-corrected chi connectivity index (χ0v) is 29.0. The molecule has 2 aromatic heterocycles. The summed E-state index contributed by atoms with van der Waals surface area (Å²) in [5.74, 6) is -2.34. The number of carboxylic acids is 2. The average Bonchev–Trinajstić information content (AvgIpc) is 3.84. The number of aliphatic carboxylic acids is 2. The molecule has 258 valence electrons. The molecular formula is C34H28N2O10S4. The molecule has 0 aliphatic carbocycles. The number of anilines is 2. The van der Waals surface area contributed by atoms with Gasteiger partial charge in [0, 0.05) is 28.0 Å². The molecule has 0 spiro atoms. The molecular weight excluding hydrogens is 725 g/mol. The highest BCUT2D eigenvalue weighted by molar-refractivity contribution is 7.95. The van der Waals surface area contributed by atoms with Gasteiger partial charge in [0.1, 0.15) is 26.0 Å². The Kier molecular flexibility index (Phi) is 9.97. The van der Waals surface area contributed by atoms with E-state index in [2.05, 4.69) is 9.44 Å². The minimum Gasteiger partial charge on any atom is -0.485 e. The number of carboxylic acid groups (broad SMARTS) is 2. The zero-order valence-electron chi connectivity index (χ0n) is 25.8. The van der Waals surface area contributed by atoms with Gasteiger partial charge in [0.15, 0.2) is 0 Å². The number of thiophene rings is 2. The molecule has 0 bridgehead atoms. The van der Waals surface area contributed by atoms with Crippen LogP contribution >= 0.6 is 22.7 Å². The minimum absolute atomic E-state index is 0.0965. The van der Waals surface area contributed by atoms with Gasteiger partial charge in [-0.2, -0.15) is 0 Å². The summed E-state index contributed by atoms with van der Waals surface area (Å²) in [7, 11) is -7.79. The molecule has 16 heteroatoms. The van der Waals surface area contributed by atoms with Crippen LogP contribution in [0, 0.1) is 0 Å². The van der Waals surface area contributed by atoms with Crippen molar-refractivity contribution in [3.05, 3.63) is 108 Å². The Morgan fingerprint density at radius 3 is 1.50 bits per heavy atom. The standard InChI is InChI=1S/C34H28N2O10S4/c37-30(38)18-17-29(45-27-15-13-25(21-7-1-3-9-23(21)27)35-49(41,42)31-11-5-19-47-31)33(34(39)40)46-28-16-14-26(22-8-2-4-10-24(22)28)36-50(43,44)32-12-6-20-48-32/h1-16,19-20,29,33,35-36H,17-18H2,(H,37,38)(H,39,40). The van der Waals surface area contributed by atoms with Crippen LogP contribution < -0.4 is 18.9 Å². The number of benzene rings is 4. The fraction of sp³-hybridized carbons (Fsp3) is 0.118. The van der Waals surface area contributed by atoms with Crippen LogP contribution in [0.25, 0.3) is 21.5 Å². The number of hydrogen-bond donors (Lipinski definition) is 4. The van der Waals surface area contributed by atoms with Crippen molar-refractivity contribution >= 4 is 87.6 Å². The number of carbonyl (C=O) groups is 2. The predicted molar refractivity (Wildman–Crippen MR) is 191 cm³/mol. The number of rotatable bonds is 15. The molecule has 2 heterocycles. The van der Waals surface area contributed by atoms with E-state index in [1.807, 2.05) is 0 Å². The molecule has 50 heavy (non-hydrogen) atoms. The Morgan fingerprint density at radius 1 is 0.620 bits per heavy atom. The Labute approximate surface area is 294 Å². The van der Waals surface area contributed by atoms with Gasteiger partial charge in [-0.15, -0.1) is 22.7 Å². The van der Waals surface area contributed by atoms with Crippen LogP contribution in [-0.4, -0.2) is 51.2 Å². The van der Waals surface area contributed by atoms with Crippen LogP contribution in [0.2, 0.25) is 0 Å². The molecule has 0 radical (unpaired) electrons. The number of nitrogens with one attached hydrogen (secondary N) is 2. The van der Waals surface area contributed by atoms with Crippen molar-refractivity contribution in [3.63, 3.8) is 0 Å². The molecule has 2 unspecified atom stereocenters. The molecule has 0 saturated carbocycles. The molecule has 0 saturated heterocycles. The SMILES string of the molecule is O=C(O)CCC(Oc1ccc(NS(=O)(=O)c2cccs2)c2ccccc12)C(Oc1ccc(NS(=O)(=O)c2cccs2)c2ccccc12)C(=O)O. The molecule has 6 rings (SSSR count). The lowest BCUT2D eigenvalue weighted by atomic mass is 10.0. The first-order valence-electron chi connectivity index (χ1n) is 14.9. The van der Waals surface area contributed by atoms with Crippen LogP contribution in [0.5, 0.6) is 11.5 Å². The number of hydrogen-bond acceptors (Lipinski definition) is 10. The van der Waals surface area contributed by atoms with Gasteiger partial charge in [-0.3, -0.25) is 14.2 Å². The van der Waals surface area contributed by atoms with Gasteiger partial charge in [0.05, 0.1) is 11.4 Å². The van der Waals surface area contributed by atoms with E-state index in [9.17, 15) is 36.6 Å². The van der Waals surface area contributed by atoms with Crippen LogP contribution in [0.15, 0.2) is 116 Å². The first-order chi connectivity index (χ1) is 23.9. The Morgan fingerprint density at radius 2 is 1.08 bits per heavy atom. The van der Waals surface area contributed by atoms with Crippen molar-refractivity contribution < 1.29 is 46.1 Å². The lowest BCUT2D eigenvalue weighted by molar-refractivity contribution is -0.151. The van der Waals surface area contributed by atoms with Crippen molar-refractivity contribution in [2.24, 2.45) is 0 Å². The Hall–Kier alpha value is -5.16. The van der Waals surface area contributed by atoms with E-state index in [1.165, 1.54) is 36.4 Å². The zero-order chi connectivity index (χ0) is 35.5. The summed E-state index contributed by atoms with van der Waals surface area (Å²) >= 11 is 2.12. The summed E-state index contributed by atoms with van der Waals surface area (Å²) < 4.78 is 69.7. The maximum Gasteiger partial charge on any atom is 0.348 e. The van der Waals surface area contributed by atoms with Crippen LogP contribution in [0.1, 0.15) is 12.8 Å². The lowest BCUT2D eigenvalue weighted by Gasteiger charge is -2.27. The van der Waals surface area contributed by atoms with E-state index in [0.717, 1.165) is 22.7 Å². The van der Waals surface area contributed by atoms with E-state index < -0.39 is 50.6 Å². The van der Waals surface area contributed by atoms with E-state index in [-0.39, 0.29) is 37.7 Å². The lowest BCUT2D eigenvalue weighted by Crippen LogP contribution is -2.43. The van der Waals surface area contributed by atoms with Crippen molar-refractivity contribution in [2.75, 3.05) is 9.44 Å². The number of sulfonamides is 2. The summed E-state index contributed by atoms with van der Waals surface area (Å²) in [6, 6.07) is 25.5. The molecule has 4 N–H and O–H groups in total. The minimum atomic E-state index is -3.90. The fourth-order valence-electron chi connectivity index (χ4n) is 5.27. The maximum atomic E-state index is 13.0. The largest absolute Gasteiger partial charge is 0.485 e. The van der Waals surface area contributed by atoms with Crippen molar-refractivity contribution in [2.45, 2.75) is 33.5 Å². The molecule has 0 aliphatic rings. The third kappa shape index (κ3) is 7.52. The molecule has 2 atom stereocenters. The predicted octanol–water partition coefficient (Wildman–Crippen LogP) is 6.86. The number of fused-ring (bicyclic) bond motifs is 2. The third-order valence-corrected chi connectivity index (χ3v) is 13.1. The van der Waals surface area contributed by atoms with Gasteiger partial charge >= 0.3 is 11.9 Å². The van der Waals surface area contributed by atoms with E-state index in [4.69, 9.17) is 9.47 Å². The van der Waals surface area contributed by atoms with Crippen molar-refractivity contribution in [1.29, 1.82) is 0 Å². The van der Waals surface area contributed by atoms with Crippen LogP contribution in [-0.2, 0) is 29.6 Å². The van der Waals surface area contributed by atoms with E-state index >= 15 is 0 Å². The Balaban J connectivity index is 1.34. The van der Waals surface area contributed by atoms with E-state index in [0.29, 0.717) is 21.5 Å². The Bertz CT molecular complexity index is 2400. The topological polar surface area (TPSA) is 185 Å². The highest BCUT2D eigenvalue weighted by Crippen LogP contribution is 2.37. The first kappa shape index (κ1) is 34.7. The first-order valence-corrected chi connectivity index (χ1v) is 19.6. The van der Waals surface area contributed by atoms with Gasteiger partial charge in [0.2, 0.25) is 6.10 Å². The van der Waals surface area contributed by atoms with Crippen LogP contribution in [0.3, 0.4) is 0 Å². The van der Waals surface area contributed by atoms with Crippen molar-refractivity contribution in [1.82, 2.24) is 0 Å². The molecule has 0 amide bonds. The quantitative estimate of drug-likeness (QED) is 0.0864. The average molecular weight is 753 g/mol. The van der Waals surface area contributed by atoms with Gasteiger partial charge in [-0.05, 0) is 53.6 Å². The summed E-state index contributed by atoms with van der Waals surface area (Å²) in [5.41, 5.74) is 0.504. The molecule has 6 aromatic rings. The van der Waals surface area contributed by atoms with Gasteiger partial charge in [-0.25, -0.2) is 21.6 Å². The molecule has 4 aromatic carbocycles. The van der Waals surface area contributed by atoms with Gasteiger partial charge in [0.25, 0.3) is 20.0 Å². The maximum absolute atomic E-state index is 13.0. The molecule has 0 fully saturated rings. The fourth-order valence-corrected chi connectivity index (χ4v) is 9.42. The monoisotopic (exact) mass is 752 g/mol. The highest BCUT2D eigenvalue weighted by Gasteiger charge is 2.34.